The van der Waals surface area contributed by atoms with Gasteiger partial charge in [0.2, 0.25) is 11.8 Å². The van der Waals surface area contributed by atoms with Gasteiger partial charge < -0.3 is 36.0 Å². The molecule has 310 valence electrons. The number of carbonyl (C=O) groups excluding carboxylic acids is 3. The molecule has 1 aliphatic heterocycles. The van der Waals surface area contributed by atoms with Crippen LogP contribution in [-0.2, 0) is 29.0 Å². The number of carboxylic acid groups (broad SMARTS) is 1. The molecule has 0 unspecified atom stereocenters. The summed E-state index contributed by atoms with van der Waals surface area (Å²) in [5.41, 5.74) is 2.87. The Labute approximate surface area is 345 Å². The van der Waals surface area contributed by atoms with E-state index in [1.165, 1.54) is 11.3 Å². The molecule has 0 saturated carbocycles. The number of rotatable bonds is 16. The second kappa shape index (κ2) is 18.9. The fourth-order valence-corrected chi connectivity index (χ4v) is 8.05. The van der Waals surface area contributed by atoms with Crippen molar-refractivity contribution < 1.29 is 29.4 Å². The number of aliphatic hydroxyl groups excluding tert-OH is 1. The van der Waals surface area contributed by atoms with Crippen molar-refractivity contribution in [1.29, 1.82) is 0 Å². The molecule has 0 radical (unpaired) electrons. The van der Waals surface area contributed by atoms with Gasteiger partial charge in [0, 0.05) is 36.3 Å². The summed E-state index contributed by atoms with van der Waals surface area (Å²) in [5, 5.41) is 33.1. The first-order valence-electron chi connectivity index (χ1n) is 19.7. The molecule has 3 heterocycles. The monoisotopic (exact) mass is 811 g/mol. The van der Waals surface area contributed by atoms with Crippen LogP contribution in [0.2, 0.25) is 0 Å². The number of nitrogens with zero attached hydrogens (tertiary/aromatic N) is 4. The molecular formula is C44H57N7O6S. The quantitative estimate of drug-likeness (QED) is 0.0908. The lowest BCUT2D eigenvalue weighted by Crippen LogP contribution is -2.59. The van der Waals surface area contributed by atoms with Gasteiger partial charge in [0.15, 0.2) is 0 Å². The molecule has 13 nitrogen and oxygen atoms in total. The van der Waals surface area contributed by atoms with Gasteiger partial charge in [-0.25, -0.2) is 14.6 Å². The normalized spacial score (nSPS) is 16.0. The van der Waals surface area contributed by atoms with Gasteiger partial charge in [0.25, 0.3) is 0 Å². The summed E-state index contributed by atoms with van der Waals surface area (Å²) in [5.74, 6) is -0.921. The number of amides is 5. The Balaban J connectivity index is 1.41. The van der Waals surface area contributed by atoms with Crippen LogP contribution in [0.15, 0.2) is 84.4 Å². The van der Waals surface area contributed by atoms with Crippen LogP contribution in [0.1, 0.15) is 69.8 Å². The second-order valence-corrected chi connectivity index (χ2v) is 18.3. The number of aryl methyl sites for hydroxylation is 1. The number of carbonyl (C=O) groups is 4. The highest BCUT2D eigenvalue weighted by Crippen LogP contribution is 2.30. The fourth-order valence-electron chi connectivity index (χ4n) is 7.44. The predicted molar refractivity (Wildman–Crippen MR) is 225 cm³/mol. The number of pyridine rings is 1. The van der Waals surface area contributed by atoms with Crippen molar-refractivity contribution in [2.24, 2.45) is 10.8 Å². The number of aliphatic hydroxyl groups is 1. The van der Waals surface area contributed by atoms with Crippen molar-refractivity contribution in [3.05, 3.63) is 106 Å². The van der Waals surface area contributed by atoms with Crippen LogP contribution in [-0.4, -0.2) is 97.3 Å². The molecule has 5 atom stereocenters. The van der Waals surface area contributed by atoms with Crippen LogP contribution in [0, 0.1) is 17.8 Å². The SMILES string of the molecule is Cc1nc(CN2CCN([C@H](C(=O)N[C@@H](Cc3ccccc3)[C@@H](O)C[C@@H](Cc3ccc(-c4ccccn4)cc3)NC(=O)[C@@H](NC(=O)O)C(C)(C)C)C(C)(C)C)C2=O)cs1. The lowest BCUT2D eigenvalue weighted by molar-refractivity contribution is -0.131. The lowest BCUT2D eigenvalue weighted by Gasteiger charge is -2.38. The fraction of sp³-hybridized carbons (Fsp3) is 0.455. The number of thiazole rings is 1. The predicted octanol–water partition coefficient (Wildman–Crippen LogP) is 6.05. The van der Waals surface area contributed by atoms with E-state index in [0.29, 0.717) is 26.1 Å². The van der Waals surface area contributed by atoms with Crippen molar-refractivity contribution in [3.63, 3.8) is 0 Å². The molecule has 14 heteroatoms. The van der Waals surface area contributed by atoms with Crippen molar-refractivity contribution in [1.82, 2.24) is 35.7 Å². The molecule has 58 heavy (non-hydrogen) atoms. The van der Waals surface area contributed by atoms with Crippen molar-refractivity contribution in [2.45, 2.75) is 105 Å². The molecule has 5 rings (SSSR count). The van der Waals surface area contributed by atoms with Gasteiger partial charge in [-0.15, -0.1) is 11.3 Å². The van der Waals surface area contributed by atoms with Crippen molar-refractivity contribution >= 4 is 35.3 Å². The molecule has 0 bridgehead atoms. The minimum absolute atomic E-state index is 0.0269. The minimum atomic E-state index is -1.33. The first-order chi connectivity index (χ1) is 27.4. The van der Waals surface area contributed by atoms with E-state index in [0.717, 1.165) is 33.1 Å². The van der Waals surface area contributed by atoms with Crippen LogP contribution in [0.3, 0.4) is 0 Å². The molecule has 0 spiro atoms. The first kappa shape index (κ1) is 43.8. The first-order valence-corrected chi connectivity index (χ1v) is 20.6. The van der Waals surface area contributed by atoms with Gasteiger partial charge in [0.05, 0.1) is 35.1 Å². The average Bonchev–Trinajstić information content (AvgIpc) is 3.73. The minimum Gasteiger partial charge on any atom is -0.465 e. The zero-order valence-electron chi connectivity index (χ0n) is 34.4. The third-order valence-electron chi connectivity index (χ3n) is 10.3. The van der Waals surface area contributed by atoms with Crippen LogP contribution in [0.5, 0.6) is 0 Å². The Hall–Kier alpha value is -5.34. The topological polar surface area (TPSA) is 177 Å². The van der Waals surface area contributed by atoms with Crippen LogP contribution < -0.4 is 16.0 Å². The summed E-state index contributed by atoms with van der Waals surface area (Å²) in [6.07, 6.45) is -0.153. The van der Waals surface area contributed by atoms with E-state index in [-0.39, 0.29) is 18.9 Å². The second-order valence-electron chi connectivity index (χ2n) is 17.2. The Morgan fingerprint density at radius 1 is 0.828 bits per heavy atom. The van der Waals surface area contributed by atoms with Crippen molar-refractivity contribution in [2.75, 3.05) is 13.1 Å². The number of hydrogen-bond acceptors (Lipinski definition) is 8. The van der Waals surface area contributed by atoms with E-state index in [1.807, 2.05) is 106 Å². The number of urea groups is 1. The smallest absolute Gasteiger partial charge is 0.405 e. The Morgan fingerprint density at radius 3 is 2.09 bits per heavy atom. The maximum Gasteiger partial charge on any atom is 0.405 e. The van der Waals surface area contributed by atoms with Gasteiger partial charge in [-0.05, 0) is 60.3 Å². The van der Waals surface area contributed by atoms with Gasteiger partial charge in [-0.1, -0.05) is 102 Å². The van der Waals surface area contributed by atoms with E-state index in [1.54, 1.807) is 36.8 Å². The summed E-state index contributed by atoms with van der Waals surface area (Å²) in [6, 6.07) is 19.3. The zero-order valence-corrected chi connectivity index (χ0v) is 35.3. The highest BCUT2D eigenvalue weighted by atomic mass is 32.1. The third-order valence-corrected chi connectivity index (χ3v) is 11.1. The largest absolute Gasteiger partial charge is 0.465 e. The van der Waals surface area contributed by atoms with E-state index < -0.39 is 59.0 Å². The molecule has 1 fully saturated rings. The molecule has 2 aromatic carbocycles. The lowest BCUT2D eigenvalue weighted by atomic mass is 9.84. The highest BCUT2D eigenvalue weighted by molar-refractivity contribution is 7.09. The third kappa shape index (κ3) is 11.9. The van der Waals surface area contributed by atoms with E-state index in [4.69, 9.17) is 0 Å². The number of nitrogens with one attached hydrogen (secondary N) is 3. The zero-order chi connectivity index (χ0) is 42.2. The molecule has 5 N–H and O–H groups in total. The standard InChI is InChI=1S/C44H57N7O6S/c1-28-46-33(27-58-28)26-50-21-22-51(42(50)57)38(44(5,6)7)40(54)48-35(24-29-13-9-8-10-14-29)36(52)25-32(47-39(53)37(43(2,3)4)49-41(55)56)23-30-16-18-31(19-17-30)34-15-11-12-20-45-34/h8-20,27,32,35-38,49,52H,21-26H2,1-7H3,(H,47,53)(H,48,54)(H,55,56)/t32-,35+,36+,37-,38-/m1/s1. The summed E-state index contributed by atoms with van der Waals surface area (Å²) in [7, 11) is 0. The van der Waals surface area contributed by atoms with Crippen LogP contribution >= 0.6 is 11.3 Å². The summed E-state index contributed by atoms with van der Waals surface area (Å²) in [4.78, 5) is 66.3. The van der Waals surface area contributed by atoms with E-state index in [2.05, 4.69) is 25.9 Å². The van der Waals surface area contributed by atoms with Gasteiger partial charge in [-0.2, -0.15) is 0 Å². The molecular weight excluding hydrogens is 755 g/mol. The number of hydrogen-bond donors (Lipinski definition) is 5. The van der Waals surface area contributed by atoms with E-state index >= 15 is 0 Å². The van der Waals surface area contributed by atoms with Crippen LogP contribution in [0.4, 0.5) is 9.59 Å². The number of benzene rings is 2. The Bertz CT molecular complexity index is 2000. The Kier molecular flexibility index (Phi) is 14.3. The average molecular weight is 812 g/mol. The summed E-state index contributed by atoms with van der Waals surface area (Å²) >= 11 is 1.52. The molecule has 1 saturated heterocycles. The van der Waals surface area contributed by atoms with Gasteiger partial charge in [0.1, 0.15) is 12.1 Å². The van der Waals surface area contributed by atoms with Crippen molar-refractivity contribution in [3.8, 4) is 11.3 Å². The molecule has 5 amide bonds. The summed E-state index contributed by atoms with van der Waals surface area (Å²) < 4.78 is 0. The van der Waals surface area contributed by atoms with E-state index in [9.17, 15) is 29.4 Å². The molecule has 2 aromatic heterocycles. The molecule has 1 aliphatic rings. The molecule has 0 aliphatic carbocycles. The van der Waals surface area contributed by atoms with Gasteiger partial charge in [-0.3, -0.25) is 14.6 Å². The number of aromatic nitrogens is 2. The maximum atomic E-state index is 14.5. The summed E-state index contributed by atoms with van der Waals surface area (Å²) in [6.45, 7) is 14.1. The van der Waals surface area contributed by atoms with Gasteiger partial charge >= 0.3 is 12.1 Å². The Morgan fingerprint density at radius 2 is 1.50 bits per heavy atom. The molecule has 4 aromatic rings. The maximum absolute atomic E-state index is 14.5. The van der Waals surface area contributed by atoms with Crippen LogP contribution in [0.25, 0.3) is 11.3 Å². The highest BCUT2D eigenvalue weighted by Gasteiger charge is 2.44.